The van der Waals surface area contributed by atoms with Crippen molar-refractivity contribution in [3.63, 3.8) is 0 Å². The molecule has 0 radical (unpaired) electrons. The predicted octanol–water partition coefficient (Wildman–Crippen LogP) is 4.21. The summed E-state index contributed by atoms with van der Waals surface area (Å²) in [6, 6.07) is 19.1. The lowest BCUT2D eigenvalue weighted by molar-refractivity contribution is -0.122. The number of amides is 1. The van der Waals surface area contributed by atoms with Gasteiger partial charge in [-0.25, -0.2) is 0 Å². The fourth-order valence-corrected chi connectivity index (χ4v) is 3.71. The predicted molar refractivity (Wildman–Crippen MR) is 121 cm³/mol. The molecule has 0 aliphatic carbocycles. The monoisotopic (exact) mass is 423 g/mol. The second-order valence-electron chi connectivity index (χ2n) is 7.29. The molecular weight excluding hydrogens is 393 g/mol. The summed E-state index contributed by atoms with van der Waals surface area (Å²) in [7, 11) is 0. The Morgan fingerprint density at radius 3 is 2.46 bits per heavy atom. The molecule has 0 spiro atoms. The number of benzene rings is 2. The number of nitrogens with one attached hydrogen (secondary N) is 1. The molecule has 0 aromatic heterocycles. The van der Waals surface area contributed by atoms with Crippen LogP contribution in [0.2, 0.25) is 0 Å². The average Bonchev–Trinajstić information content (AvgIpc) is 2.64. The molecule has 0 bridgehead atoms. The van der Waals surface area contributed by atoms with Gasteiger partial charge in [0.15, 0.2) is 0 Å². The van der Waals surface area contributed by atoms with Crippen molar-refractivity contribution in [2.24, 2.45) is 0 Å². The zero-order chi connectivity index (χ0) is 18.4. The normalized spacial score (nSPS) is 19.2. The third-order valence-corrected chi connectivity index (χ3v) is 5.28. The molecule has 1 aliphatic rings. The van der Waals surface area contributed by atoms with Crippen molar-refractivity contribution in [2.45, 2.75) is 51.2 Å². The molecular formula is C22H31Cl2N3O. The van der Waals surface area contributed by atoms with Gasteiger partial charge in [0.1, 0.15) is 0 Å². The number of para-hydroxylation sites is 1. The lowest BCUT2D eigenvalue weighted by Gasteiger charge is -2.38. The van der Waals surface area contributed by atoms with E-state index in [1.54, 1.807) is 0 Å². The number of aryl methyl sites for hydroxylation is 1. The summed E-state index contributed by atoms with van der Waals surface area (Å²) in [5.41, 5.74) is 9.12. The van der Waals surface area contributed by atoms with E-state index in [-0.39, 0.29) is 36.8 Å². The van der Waals surface area contributed by atoms with Crippen molar-refractivity contribution in [3.8, 4) is 0 Å². The number of likely N-dealkylation sites (tertiary alicyclic amines) is 1. The minimum Gasteiger partial charge on any atom is -0.399 e. The highest BCUT2D eigenvalue weighted by Gasteiger charge is 2.26. The molecule has 1 aliphatic heterocycles. The first kappa shape index (κ1) is 24.3. The van der Waals surface area contributed by atoms with E-state index in [0.717, 1.165) is 37.2 Å². The molecule has 2 aromatic rings. The van der Waals surface area contributed by atoms with Crippen LogP contribution < -0.4 is 11.1 Å². The van der Waals surface area contributed by atoms with Crippen molar-refractivity contribution in [3.05, 3.63) is 65.7 Å². The lowest BCUT2D eigenvalue weighted by Crippen LogP contribution is -2.48. The van der Waals surface area contributed by atoms with Gasteiger partial charge in [0.05, 0.1) is 0 Å². The summed E-state index contributed by atoms with van der Waals surface area (Å²) < 4.78 is 0. The second kappa shape index (κ2) is 11.9. The molecule has 3 rings (SSSR count). The zero-order valence-corrected chi connectivity index (χ0v) is 18.0. The van der Waals surface area contributed by atoms with Crippen LogP contribution in [0.5, 0.6) is 0 Å². The van der Waals surface area contributed by atoms with Gasteiger partial charge in [-0.2, -0.15) is 0 Å². The van der Waals surface area contributed by atoms with Crippen LogP contribution in [0.1, 0.15) is 37.3 Å². The topological polar surface area (TPSA) is 58.4 Å². The van der Waals surface area contributed by atoms with Crippen LogP contribution >= 0.6 is 24.8 Å². The van der Waals surface area contributed by atoms with E-state index in [0.29, 0.717) is 18.9 Å². The van der Waals surface area contributed by atoms with Gasteiger partial charge in [-0.05, 0) is 43.4 Å². The molecule has 0 saturated carbocycles. The Hall–Kier alpha value is -1.75. The maximum absolute atomic E-state index is 12.3. The molecule has 2 unspecified atom stereocenters. The first-order valence-electron chi connectivity index (χ1n) is 9.52. The molecule has 6 heteroatoms. The molecule has 2 aromatic carbocycles. The van der Waals surface area contributed by atoms with Gasteiger partial charge in [0.25, 0.3) is 0 Å². The number of nitrogens with two attached hydrogens (primary N) is 1. The Bertz CT molecular complexity index is 727. The third kappa shape index (κ3) is 7.01. The fraction of sp³-hybridized carbons (Fsp3) is 0.409. The first-order valence-corrected chi connectivity index (χ1v) is 9.52. The second-order valence-corrected chi connectivity index (χ2v) is 7.29. The Morgan fingerprint density at radius 2 is 1.79 bits per heavy atom. The van der Waals surface area contributed by atoms with E-state index in [9.17, 15) is 4.79 Å². The summed E-state index contributed by atoms with van der Waals surface area (Å²) in [5.74, 6) is 0.127. The molecule has 1 amide bonds. The lowest BCUT2D eigenvalue weighted by atomic mass is 9.97. The fourth-order valence-electron chi connectivity index (χ4n) is 3.71. The van der Waals surface area contributed by atoms with Crippen LogP contribution in [-0.4, -0.2) is 29.4 Å². The van der Waals surface area contributed by atoms with Gasteiger partial charge in [0, 0.05) is 37.3 Å². The number of rotatable bonds is 6. The maximum atomic E-state index is 12.3. The number of nitrogens with zero attached hydrogens (tertiary/aromatic N) is 1. The van der Waals surface area contributed by atoms with E-state index in [4.69, 9.17) is 5.73 Å². The van der Waals surface area contributed by atoms with Crippen molar-refractivity contribution >= 4 is 36.4 Å². The van der Waals surface area contributed by atoms with Gasteiger partial charge in [0.2, 0.25) is 5.91 Å². The van der Waals surface area contributed by atoms with E-state index in [1.807, 2.05) is 24.3 Å². The van der Waals surface area contributed by atoms with Gasteiger partial charge in [-0.1, -0.05) is 48.5 Å². The van der Waals surface area contributed by atoms with Gasteiger partial charge >= 0.3 is 0 Å². The third-order valence-electron chi connectivity index (χ3n) is 5.28. The van der Waals surface area contributed by atoms with Crippen molar-refractivity contribution in [1.29, 1.82) is 0 Å². The maximum Gasteiger partial charge on any atom is 0.220 e. The number of halogens is 2. The van der Waals surface area contributed by atoms with Gasteiger partial charge in [-0.15, -0.1) is 24.8 Å². The smallest absolute Gasteiger partial charge is 0.220 e. The van der Waals surface area contributed by atoms with Crippen LogP contribution in [0.3, 0.4) is 0 Å². The van der Waals surface area contributed by atoms with E-state index in [2.05, 4.69) is 47.5 Å². The molecule has 3 N–H and O–H groups in total. The number of carbonyl (C=O) groups excluding carboxylic acids is 1. The molecule has 1 heterocycles. The van der Waals surface area contributed by atoms with Crippen molar-refractivity contribution < 1.29 is 4.79 Å². The molecule has 4 nitrogen and oxygen atoms in total. The van der Waals surface area contributed by atoms with Crippen LogP contribution in [0.4, 0.5) is 5.69 Å². The Morgan fingerprint density at radius 1 is 1.11 bits per heavy atom. The number of hydrogen-bond acceptors (Lipinski definition) is 3. The number of anilines is 1. The summed E-state index contributed by atoms with van der Waals surface area (Å²) in [6.45, 7) is 4.26. The van der Waals surface area contributed by atoms with E-state index in [1.165, 1.54) is 5.56 Å². The number of hydrogen-bond donors (Lipinski definition) is 2. The highest BCUT2D eigenvalue weighted by molar-refractivity contribution is 5.85. The summed E-state index contributed by atoms with van der Waals surface area (Å²) in [6.07, 6.45) is 3.20. The molecule has 28 heavy (non-hydrogen) atoms. The van der Waals surface area contributed by atoms with Gasteiger partial charge < -0.3 is 11.1 Å². The standard InChI is InChI=1S/C22H29N3O.2ClH/c1-17-15-20(13-14-25(17)16-18-7-3-2-4-8-18)24-22(26)12-11-19-9-5-6-10-21(19)23;;/h2-10,17,20H,11-16,23H2,1H3,(H,24,26);2*1H. The van der Waals surface area contributed by atoms with Crippen LogP contribution in [0, 0.1) is 0 Å². The largest absolute Gasteiger partial charge is 0.399 e. The minimum atomic E-state index is 0. The van der Waals surface area contributed by atoms with Crippen molar-refractivity contribution in [1.82, 2.24) is 10.2 Å². The molecule has 1 fully saturated rings. The average molecular weight is 424 g/mol. The zero-order valence-electron chi connectivity index (χ0n) is 16.3. The summed E-state index contributed by atoms with van der Waals surface area (Å²) >= 11 is 0. The Labute approximate surface area is 180 Å². The minimum absolute atomic E-state index is 0. The molecule has 2 atom stereocenters. The first-order chi connectivity index (χ1) is 12.6. The molecule has 154 valence electrons. The Kier molecular flexibility index (Phi) is 10.4. The quantitative estimate of drug-likeness (QED) is 0.683. The summed E-state index contributed by atoms with van der Waals surface area (Å²) in [4.78, 5) is 14.8. The van der Waals surface area contributed by atoms with E-state index >= 15 is 0 Å². The Balaban J connectivity index is 0.00000196. The number of nitrogen functional groups attached to an aromatic ring is 1. The highest BCUT2D eigenvalue weighted by Crippen LogP contribution is 2.20. The van der Waals surface area contributed by atoms with E-state index < -0.39 is 0 Å². The van der Waals surface area contributed by atoms with Crippen LogP contribution in [0.15, 0.2) is 54.6 Å². The highest BCUT2D eigenvalue weighted by atomic mass is 35.5. The summed E-state index contributed by atoms with van der Waals surface area (Å²) in [5, 5.41) is 3.22. The van der Waals surface area contributed by atoms with Crippen molar-refractivity contribution in [2.75, 3.05) is 12.3 Å². The SMILES string of the molecule is CC1CC(NC(=O)CCc2ccccc2N)CCN1Cc1ccccc1.Cl.Cl. The van der Waals surface area contributed by atoms with Crippen LogP contribution in [-0.2, 0) is 17.8 Å². The number of carbonyl (C=O) groups is 1. The molecule has 1 saturated heterocycles. The van der Waals surface area contributed by atoms with Crippen LogP contribution in [0.25, 0.3) is 0 Å². The number of piperidine rings is 1. The van der Waals surface area contributed by atoms with Gasteiger partial charge in [-0.3, -0.25) is 9.69 Å².